The third kappa shape index (κ3) is 5.56. The van der Waals surface area contributed by atoms with Crippen LogP contribution >= 0.6 is 12.6 Å². The van der Waals surface area contributed by atoms with E-state index in [0.717, 1.165) is 5.56 Å². The minimum Gasteiger partial charge on any atom is -0.479 e. The standard InChI is InChI=1S/C14H21NO7S/c1-7(16)11(12(17)18)22-14(13(19)20)21-10-4-3-8(6-23)5-9(10)15-2/h3-5,7,11,13-16,19-20,23H,6H2,1-2H3,(H,17,18)/t7-,11?,14?/m0/s1. The minimum atomic E-state index is -2.11. The van der Waals surface area contributed by atoms with Gasteiger partial charge < -0.3 is 35.2 Å². The van der Waals surface area contributed by atoms with Gasteiger partial charge in [0.05, 0.1) is 11.8 Å². The van der Waals surface area contributed by atoms with Crippen molar-refractivity contribution in [1.29, 1.82) is 0 Å². The van der Waals surface area contributed by atoms with Gasteiger partial charge >= 0.3 is 5.97 Å². The van der Waals surface area contributed by atoms with Crippen molar-refractivity contribution in [3.05, 3.63) is 23.8 Å². The fourth-order valence-corrected chi connectivity index (χ4v) is 1.98. The molecule has 0 saturated carbocycles. The van der Waals surface area contributed by atoms with E-state index in [-0.39, 0.29) is 5.75 Å². The van der Waals surface area contributed by atoms with Gasteiger partial charge in [0, 0.05) is 12.8 Å². The maximum absolute atomic E-state index is 11.0. The lowest BCUT2D eigenvalue weighted by Gasteiger charge is -2.26. The molecule has 23 heavy (non-hydrogen) atoms. The summed E-state index contributed by atoms with van der Waals surface area (Å²) in [6.45, 7) is 1.21. The third-order valence-electron chi connectivity index (χ3n) is 2.94. The second kappa shape index (κ2) is 8.94. The van der Waals surface area contributed by atoms with Crippen molar-refractivity contribution in [2.75, 3.05) is 12.4 Å². The lowest BCUT2D eigenvalue weighted by Crippen LogP contribution is -2.44. The van der Waals surface area contributed by atoms with Crippen LogP contribution in [0.25, 0.3) is 0 Å². The summed E-state index contributed by atoms with van der Waals surface area (Å²) in [5, 5.41) is 40.0. The fourth-order valence-electron chi connectivity index (χ4n) is 1.78. The number of hydrogen-bond acceptors (Lipinski definition) is 8. The van der Waals surface area contributed by atoms with E-state index in [0.29, 0.717) is 11.4 Å². The molecule has 1 rings (SSSR count). The minimum absolute atomic E-state index is 0.228. The number of carbonyl (C=O) groups is 1. The molecule has 5 N–H and O–H groups in total. The number of aliphatic hydroxyl groups excluding tert-OH is 2. The maximum atomic E-state index is 11.0. The van der Waals surface area contributed by atoms with Crippen LogP contribution in [0.1, 0.15) is 12.5 Å². The Hall–Kier alpha value is -1.52. The number of carboxylic acid groups (broad SMARTS) is 1. The number of thiol groups is 1. The van der Waals surface area contributed by atoms with Gasteiger partial charge in [-0.15, -0.1) is 0 Å². The fraction of sp³-hybridized carbons (Fsp3) is 0.500. The SMILES string of the molecule is CNc1cc(CS)ccc1OC(OC(C(=O)O)[C@H](C)O)C(O)O. The molecule has 9 heteroatoms. The van der Waals surface area contributed by atoms with Crippen molar-refractivity contribution < 1.29 is 34.7 Å². The van der Waals surface area contributed by atoms with Gasteiger partial charge in [-0.3, -0.25) is 0 Å². The predicted molar refractivity (Wildman–Crippen MR) is 85.5 cm³/mol. The monoisotopic (exact) mass is 347 g/mol. The Balaban J connectivity index is 2.98. The molecule has 0 aliphatic carbocycles. The number of carboxylic acids is 1. The molecular weight excluding hydrogens is 326 g/mol. The molecule has 130 valence electrons. The van der Waals surface area contributed by atoms with E-state index < -0.39 is 30.8 Å². The Kier molecular flexibility index (Phi) is 7.59. The molecule has 0 aliphatic heterocycles. The van der Waals surface area contributed by atoms with Crippen molar-refractivity contribution in [3.63, 3.8) is 0 Å². The highest BCUT2D eigenvalue weighted by Crippen LogP contribution is 2.28. The van der Waals surface area contributed by atoms with Crippen LogP contribution in [0, 0.1) is 0 Å². The molecule has 0 bridgehead atoms. The normalized spacial score (nSPS) is 15.1. The van der Waals surface area contributed by atoms with E-state index in [2.05, 4.69) is 17.9 Å². The number of nitrogens with one attached hydrogen (secondary N) is 1. The van der Waals surface area contributed by atoms with Crippen LogP contribution in [0.4, 0.5) is 5.69 Å². The van der Waals surface area contributed by atoms with Crippen molar-refractivity contribution in [3.8, 4) is 5.75 Å². The Labute approximate surface area is 139 Å². The van der Waals surface area contributed by atoms with Crippen LogP contribution in [0.5, 0.6) is 5.75 Å². The van der Waals surface area contributed by atoms with Gasteiger partial charge in [-0.1, -0.05) is 6.07 Å². The van der Waals surface area contributed by atoms with E-state index in [1.54, 1.807) is 25.2 Å². The van der Waals surface area contributed by atoms with Crippen LogP contribution in [-0.2, 0) is 15.3 Å². The average Bonchev–Trinajstić information content (AvgIpc) is 2.50. The largest absolute Gasteiger partial charge is 0.479 e. The zero-order valence-corrected chi connectivity index (χ0v) is 13.6. The summed E-state index contributed by atoms with van der Waals surface area (Å²) in [7, 11) is 1.64. The molecule has 8 nitrogen and oxygen atoms in total. The highest BCUT2D eigenvalue weighted by molar-refractivity contribution is 7.79. The molecule has 0 amide bonds. The van der Waals surface area contributed by atoms with Gasteiger partial charge in [0.15, 0.2) is 6.10 Å². The molecular formula is C14H21NO7S. The first-order valence-corrected chi connectivity index (χ1v) is 7.44. The smallest absolute Gasteiger partial charge is 0.335 e. The molecule has 1 aromatic carbocycles. The van der Waals surface area contributed by atoms with E-state index in [1.807, 2.05) is 0 Å². The lowest BCUT2D eigenvalue weighted by atomic mass is 10.2. The molecule has 0 saturated heterocycles. The summed E-state index contributed by atoms with van der Waals surface area (Å²) in [4.78, 5) is 11.0. The van der Waals surface area contributed by atoms with E-state index in [1.165, 1.54) is 6.92 Å². The van der Waals surface area contributed by atoms with Crippen LogP contribution in [-0.4, -0.2) is 58.2 Å². The molecule has 0 fully saturated rings. The summed E-state index contributed by atoms with van der Waals surface area (Å²) >= 11 is 4.16. The van der Waals surface area contributed by atoms with Crippen molar-refractivity contribution >= 4 is 24.3 Å². The van der Waals surface area contributed by atoms with Crippen LogP contribution in [0.15, 0.2) is 18.2 Å². The Morgan fingerprint density at radius 2 is 2.00 bits per heavy atom. The van der Waals surface area contributed by atoms with Gasteiger partial charge in [-0.25, -0.2) is 4.79 Å². The first kappa shape index (κ1) is 19.5. The molecule has 0 radical (unpaired) electrons. The zero-order chi connectivity index (χ0) is 17.6. The zero-order valence-electron chi connectivity index (χ0n) is 12.7. The maximum Gasteiger partial charge on any atom is 0.335 e. The molecule has 1 aromatic rings. The number of rotatable bonds is 9. The van der Waals surface area contributed by atoms with Crippen LogP contribution in [0.3, 0.4) is 0 Å². The summed E-state index contributed by atoms with van der Waals surface area (Å²) in [6, 6.07) is 5.02. The van der Waals surface area contributed by atoms with Crippen molar-refractivity contribution in [2.45, 2.75) is 37.5 Å². The number of ether oxygens (including phenoxy) is 2. The number of benzene rings is 1. The van der Waals surface area contributed by atoms with Crippen LogP contribution in [0.2, 0.25) is 0 Å². The van der Waals surface area contributed by atoms with Gasteiger partial charge in [0.2, 0.25) is 6.29 Å². The van der Waals surface area contributed by atoms with E-state index in [4.69, 9.17) is 14.6 Å². The first-order chi connectivity index (χ1) is 10.8. The van der Waals surface area contributed by atoms with Gasteiger partial charge in [0.1, 0.15) is 5.75 Å². The second-order valence-corrected chi connectivity index (χ2v) is 5.09. The average molecular weight is 347 g/mol. The highest BCUT2D eigenvalue weighted by atomic mass is 32.1. The molecule has 0 spiro atoms. The van der Waals surface area contributed by atoms with Crippen LogP contribution < -0.4 is 10.1 Å². The molecule has 2 unspecified atom stereocenters. The summed E-state index contributed by atoms with van der Waals surface area (Å²) in [5.41, 5.74) is 1.44. The third-order valence-corrected chi connectivity index (χ3v) is 3.31. The number of aliphatic hydroxyl groups is 3. The Morgan fingerprint density at radius 3 is 2.43 bits per heavy atom. The topological polar surface area (TPSA) is 128 Å². The number of hydrogen-bond donors (Lipinski definition) is 6. The summed E-state index contributed by atoms with van der Waals surface area (Å²) in [5.74, 6) is -0.722. The molecule has 3 atom stereocenters. The van der Waals surface area contributed by atoms with Crippen molar-refractivity contribution in [2.24, 2.45) is 0 Å². The Morgan fingerprint density at radius 1 is 1.35 bits per heavy atom. The number of anilines is 1. The number of aliphatic carboxylic acids is 1. The quantitative estimate of drug-likeness (QED) is 0.273. The van der Waals surface area contributed by atoms with E-state index in [9.17, 15) is 20.1 Å². The highest BCUT2D eigenvalue weighted by Gasteiger charge is 2.32. The van der Waals surface area contributed by atoms with Gasteiger partial charge in [-0.2, -0.15) is 12.6 Å². The molecule has 0 heterocycles. The van der Waals surface area contributed by atoms with Crippen molar-refractivity contribution in [1.82, 2.24) is 0 Å². The lowest BCUT2D eigenvalue weighted by molar-refractivity contribution is -0.247. The summed E-state index contributed by atoms with van der Waals surface area (Å²) in [6.07, 6.45) is -6.84. The van der Waals surface area contributed by atoms with Gasteiger partial charge in [0.25, 0.3) is 6.29 Å². The molecule has 0 aromatic heterocycles. The second-order valence-electron chi connectivity index (χ2n) is 4.77. The summed E-state index contributed by atoms with van der Waals surface area (Å²) < 4.78 is 10.3. The predicted octanol–water partition coefficient (Wildman–Crippen LogP) is 0.0243. The van der Waals surface area contributed by atoms with Gasteiger partial charge in [-0.05, 0) is 24.6 Å². The van der Waals surface area contributed by atoms with E-state index >= 15 is 0 Å². The first-order valence-electron chi connectivity index (χ1n) is 6.80. The molecule has 0 aliphatic rings. The Bertz CT molecular complexity index is 524.